The van der Waals surface area contributed by atoms with Gasteiger partial charge in [0.2, 0.25) is 5.91 Å². The molecule has 0 saturated carbocycles. The van der Waals surface area contributed by atoms with E-state index in [9.17, 15) is 4.79 Å². The number of amides is 1. The molecule has 0 radical (unpaired) electrons. The van der Waals surface area contributed by atoms with Crippen molar-refractivity contribution in [2.45, 2.75) is 46.2 Å². The van der Waals surface area contributed by atoms with Crippen molar-refractivity contribution in [2.75, 3.05) is 18.0 Å². The Morgan fingerprint density at radius 1 is 1.30 bits per heavy atom. The summed E-state index contributed by atoms with van der Waals surface area (Å²) in [6.07, 6.45) is 1.62. The number of anilines is 1. The van der Waals surface area contributed by atoms with Gasteiger partial charge in [0, 0.05) is 31.2 Å². The van der Waals surface area contributed by atoms with E-state index in [4.69, 9.17) is 0 Å². The molecule has 1 aliphatic rings. The van der Waals surface area contributed by atoms with Gasteiger partial charge in [0.15, 0.2) is 5.96 Å². The van der Waals surface area contributed by atoms with Crippen molar-refractivity contribution >= 4 is 41.5 Å². The van der Waals surface area contributed by atoms with Crippen molar-refractivity contribution in [1.82, 2.24) is 10.6 Å². The highest BCUT2D eigenvalue weighted by molar-refractivity contribution is 14.0. The number of benzene rings is 1. The second-order valence-electron chi connectivity index (χ2n) is 5.81. The van der Waals surface area contributed by atoms with E-state index in [1.807, 2.05) is 29.2 Å². The molecular weight excluding hydrogens is 403 g/mol. The summed E-state index contributed by atoms with van der Waals surface area (Å²) in [4.78, 5) is 18.2. The second kappa shape index (κ2) is 9.75. The molecule has 1 amide bonds. The SMILES string of the molecule is CCNC(=NCc1ccc(N2CCCC2=O)cc1)NC(C)C.I. The van der Waals surface area contributed by atoms with E-state index in [0.717, 1.165) is 36.7 Å². The molecule has 0 aliphatic carbocycles. The Labute approximate surface area is 156 Å². The van der Waals surface area contributed by atoms with E-state index in [1.165, 1.54) is 0 Å². The fourth-order valence-corrected chi connectivity index (χ4v) is 2.47. The van der Waals surface area contributed by atoms with Gasteiger partial charge in [0.1, 0.15) is 0 Å². The number of hydrogen-bond acceptors (Lipinski definition) is 2. The van der Waals surface area contributed by atoms with Gasteiger partial charge < -0.3 is 15.5 Å². The lowest BCUT2D eigenvalue weighted by molar-refractivity contribution is -0.117. The van der Waals surface area contributed by atoms with Crippen LogP contribution in [0, 0.1) is 0 Å². The smallest absolute Gasteiger partial charge is 0.227 e. The maximum Gasteiger partial charge on any atom is 0.227 e. The molecule has 2 N–H and O–H groups in total. The monoisotopic (exact) mass is 430 g/mol. The van der Waals surface area contributed by atoms with Gasteiger partial charge in [-0.1, -0.05) is 12.1 Å². The number of aliphatic imine (C=N–C) groups is 1. The molecule has 6 heteroatoms. The maximum absolute atomic E-state index is 11.7. The van der Waals surface area contributed by atoms with Crippen LogP contribution < -0.4 is 15.5 Å². The molecule has 2 rings (SSSR count). The van der Waals surface area contributed by atoms with Crippen molar-refractivity contribution < 1.29 is 4.79 Å². The summed E-state index contributed by atoms with van der Waals surface area (Å²) in [6.45, 7) is 8.53. The molecule has 0 aromatic heterocycles. The Bertz CT molecular complexity index is 528. The third-order valence-electron chi connectivity index (χ3n) is 3.51. The van der Waals surface area contributed by atoms with Crippen LogP contribution in [0.15, 0.2) is 29.3 Å². The quantitative estimate of drug-likeness (QED) is 0.429. The van der Waals surface area contributed by atoms with E-state index in [1.54, 1.807) is 0 Å². The Kier molecular flexibility index (Phi) is 8.36. The van der Waals surface area contributed by atoms with Gasteiger partial charge in [-0.25, -0.2) is 4.99 Å². The second-order valence-corrected chi connectivity index (χ2v) is 5.81. The molecule has 0 atom stereocenters. The van der Waals surface area contributed by atoms with Gasteiger partial charge >= 0.3 is 0 Å². The summed E-state index contributed by atoms with van der Waals surface area (Å²) in [5.41, 5.74) is 2.12. The van der Waals surface area contributed by atoms with Gasteiger partial charge in [-0.15, -0.1) is 24.0 Å². The molecule has 1 aromatic carbocycles. The van der Waals surface area contributed by atoms with Crippen LogP contribution in [-0.4, -0.2) is 31.0 Å². The summed E-state index contributed by atoms with van der Waals surface area (Å²) < 4.78 is 0. The lowest BCUT2D eigenvalue weighted by atomic mass is 10.2. The van der Waals surface area contributed by atoms with Crippen LogP contribution in [0.1, 0.15) is 39.2 Å². The third-order valence-corrected chi connectivity index (χ3v) is 3.51. The fourth-order valence-electron chi connectivity index (χ4n) is 2.47. The fraction of sp³-hybridized carbons (Fsp3) is 0.529. The average molecular weight is 430 g/mol. The zero-order chi connectivity index (χ0) is 15.9. The van der Waals surface area contributed by atoms with Crippen molar-refractivity contribution in [3.8, 4) is 0 Å². The lowest BCUT2D eigenvalue weighted by Gasteiger charge is -2.16. The van der Waals surface area contributed by atoms with E-state index in [0.29, 0.717) is 19.0 Å². The molecule has 128 valence electrons. The Morgan fingerprint density at radius 3 is 2.52 bits per heavy atom. The first-order chi connectivity index (χ1) is 10.6. The summed E-state index contributed by atoms with van der Waals surface area (Å²) in [6, 6.07) is 8.46. The highest BCUT2D eigenvalue weighted by Gasteiger charge is 2.21. The number of nitrogens with one attached hydrogen (secondary N) is 2. The van der Waals surface area contributed by atoms with Crippen LogP contribution in [0.2, 0.25) is 0 Å². The van der Waals surface area contributed by atoms with Gasteiger partial charge in [0.25, 0.3) is 0 Å². The van der Waals surface area contributed by atoms with Crippen molar-refractivity contribution in [1.29, 1.82) is 0 Å². The molecule has 23 heavy (non-hydrogen) atoms. The standard InChI is InChI=1S/C17H26N4O.HI/c1-4-18-17(20-13(2)3)19-12-14-7-9-15(10-8-14)21-11-5-6-16(21)22;/h7-10,13H,4-6,11-12H2,1-3H3,(H2,18,19,20);1H. The average Bonchev–Trinajstić information content (AvgIpc) is 2.91. The minimum atomic E-state index is 0. The Hall–Kier alpha value is -1.31. The first-order valence-electron chi connectivity index (χ1n) is 8.04. The van der Waals surface area contributed by atoms with Gasteiger partial charge in [-0.2, -0.15) is 0 Å². The first kappa shape index (κ1) is 19.7. The van der Waals surface area contributed by atoms with Crippen LogP contribution in [0.25, 0.3) is 0 Å². The molecule has 1 fully saturated rings. The number of carbonyl (C=O) groups excluding carboxylic acids is 1. The van der Waals surface area contributed by atoms with Crippen LogP contribution in [0.4, 0.5) is 5.69 Å². The van der Waals surface area contributed by atoms with Crippen molar-refractivity contribution in [3.63, 3.8) is 0 Å². The number of guanidine groups is 1. The van der Waals surface area contributed by atoms with Gasteiger partial charge in [-0.05, 0) is 44.9 Å². The summed E-state index contributed by atoms with van der Waals surface area (Å²) >= 11 is 0. The number of halogens is 1. The summed E-state index contributed by atoms with van der Waals surface area (Å²) in [7, 11) is 0. The van der Waals surface area contributed by atoms with Crippen LogP contribution >= 0.6 is 24.0 Å². The zero-order valence-electron chi connectivity index (χ0n) is 14.1. The van der Waals surface area contributed by atoms with Gasteiger partial charge in [-0.3, -0.25) is 4.79 Å². The number of nitrogens with zero attached hydrogens (tertiary/aromatic N) is 2. The van der Waals surface area contributed by atoms with Crippen LogP contribution in [0.5, 0.6) is 0 Å². The predicted octanol–water partition coefficient (Wildman–Crippen LogP) is 2.89. The van der Waals surface area contributed by atoms with Gasteiger partial charge in [0.05, 0.1) is 6.54 Å². The molecule has 1 saturated heterocycles. The number of rotatable bonds is 5. The molecule has 5 nitrogen and oxygen atoms in total. The predicted molar refractivity (Wildman–Crippen MR) is 107 cm³/mol. The maximum atomic E-state index is 11.7. The van der Waals surface area contributed by atoms with Crippen molar-refractivity contribution in [3.05, 3.63) is 29.8 Å². The molecule has 1 aromatic rings. The number of carbonyl (C=O) groups is 1. The Morgan fingerprint density at radius 2 is 2.00 bits per heavy atom. The van der Waals surface area contributed by atoms with Crippen LogP contribution in [0.3, 0.4) is 0 Å². The minimum Gasteiger partial charge on any atom is -0.357 e. The van der Waals surface area contributed by atoms with E-state index < -0.39 is 0 Å². The summed E-state index contributed by atoms with van der Waals surface area (Å²) in [5, 5.41) is 6.53. The normalized spacial score (nSPS) is 14.9. The molecule has 0 unspecified atom stereocenters. The van der Waals surface area contributed by atoms with E-state index >= 15 is 0 Å². The van der Waals surface area contributed by atoms with Crippen molar-refractivity contribution in [2.24, 2.45) is 4.99 Å². The molecular formula is C17H27IN4O. The highest BCUT2D eigenvalue weighted by Crippen LogP contribution is 2.21. The molecule has 1 aliphatic heterocycles. The lowest BCUT2D eigenvalue weighted by Crippen LogP contribution is -2.40. The molecule has 0 bridgehead atoms. The molecule has 0 spiro atoms. The summed E-state index contributed by atoms with van der Waals surface area (Å²) in [5.74, 6) is 1.05. The Balaban J connectivity index is 0.00000264. The van der Waals surface area contributed by atoms with E-state index in [-0.39, 0.29) is 29.9 Å². The number of hydrogen-bond donors (Lipinski definition) is 2. The zero-order valence-corrected chi connectivity index (χ0v) is 16.5. The first-order valence-corrected chi connectivity index (χ1v) is 8.04. The topological polar surface area (TPSA) is 56.7 Å². The van der Waals surface area contributed by atoms with Crippen LogP contribution in [-0.2, 0) is 11.3 Å². The highest BCUT2D eigenvalue weighted by atomic mass is 127. The minimum absolute atomic E-state index is 0. The largest absolute Gasteiger partial charge is 0.357 e. The molecule has 1 heterocycles. The van der Waals surface area contributed by atoms with E-state index in [2.05, 4.69) is 36.4 Å². The third kappa shape index (κ3) is 6.01.